The van der Waals surface area contributed by atoms with E-state index in [1.807, 2.05) is 0 Å². The maximum Gasteiger partial charge on any atom is 0.239 e. The lowest BCUT2D eigenvalue weighted by Gasteiger charge is -2.39. The molecule has 0 bridgehead atoms. The molecule has 15 heteroatoms. The molecule has 42 heavy (non-hydrogen) atoms. The number of phenolic OH excluding ortho intramolecular Hbond substituents is 2. The summed E-state index contributed by atoms with van der Waals surface area (Å²) in [6, 6.07) is 7.53. The van der Waals surface area contributed by atoms with Crippen LogP contribution in [0.2, 0.25) is 0 Å². The molecule has 2 saturated heterocycles. The minimum absolute atomic E-state index is 0.112. The van der Waals surface area contributed by atoms with Gasteiger partial charge < -0.3 is 69.3 Å². The van der Waals surface area contributed by atoms with Gasteiger partial charge in [-0.05, 0) is 31.2 Å². The first-order chi connectivity index (χ1) is 19.9. The first-order valence-electron chi connectivity index (χ1n) is 12.9. The molecule has 0 radical (unpaired) electrons. The Morgan fingerprint density at radius 2 is 1.40 bits per heavy atom. The molecule has 0 saturated carbocycles. The molecule has 10 atom stereocenters. The molecular formula is C27H30O15. The molecule has 2 fully saturated rings. The van der Waals surface area contributed by atoms with Gasteiger partial charge in [0.2, 0.25) is 23.8 Å². The molecule has 3 aromatic rings. The first kappa shape index (κ1) is 30.0. The van der Waals surface area contributed by atoms with Crippen LogP contribution in [0, 0.1) is 0 Å². The van der Waals surface area contributed by atoms with Crippen LogP contribution in [0.5, 0.6) is 23.0 Å². The zero-order chi connectivity index (χ0) is 30.5. The Kier molecular flexibility index (Phi) is 8.30. The predicted octanol–water partition coefficient (Wildman–Crippen LogP) is -1.74. The van der Waals surface area contributed by atoms with Crippen molar-refractivity contribution < 1.29 is 69.3 Å². The van der Waals surface area contributed by atoms with E-state index in [1.54, 1.807) is 0 Å². The summed E-state index contributed by atoms with van der Waals surface area (Å²) in [6.07, 6.45) is -15.5. The summed E-state index contributed by atoms with van der Waals surface area (Å²) in [4.78, 5) is 13.7. The number of aliphatic hydroxyl groups excluding tert-OH is 7. The van der Waals surface area contributed by atoms with Crippen LogP contribution in [0.1, 0.15) is 6.92 Å². The van der Waals surface area contributed by atoms with E-state index in [-0.39, 0.29) is 28.4 Å². The van der Waals surface area contributed by atoms with Crippen LogP contribution in [0.3, 0.4) is 0 Å². The highest BCUT2D eigenvalue weighted by atomic mass is 16.7. The molecule has 3 heterocycles. The van der Waals surface area contributed by atoms with Gasteiger partial charge in [-0.3, -0.25) is 4.79 Å². The van der Waals surface area contributed by atoms with Crippen LogP contribution >= 0.6 is 0 Å². The number of rotatable bonds is 6. The zero-order valence-electron chi connectivity index (χ0n) is 21.9. The number of hydrogen-bond donors (Lipinski definition) is 9. The fourth-order valence-electron chi connectivity index (χ4n) is 4.76. The summed E-state index contributed by atoms with van der Waals surface area (Å²) in [6.45, 7) is 0.702. The number of benzene rings is 2. The lowest BCUT2D eigenvalue weighted by molar-refractivity contribution is -0.277. The number of aromatic hydroxyl groups is 2. The van der Waals surface area contributed by atoms with Crippen LogP contribution in [0.15, 0.2) is 45.6 Å². The van der Waals surface area contributed by atoms with Gasteiger partial charge in [-0.25, -0.2) is 0 Å². The van der Waals surface area contributed by atoms with E-state index >= 15 is 0 Å². The fourth-order valence-corrected chi connectivity index (χ4v) is 4.76. The summed E-state index contributed by atoms with van der Waals surface area (Å²) in [5.41, 5.74) is -1.01. The van der Waals surface area contributed by atoms with Crippen LogP contribution in [-0.4, -0.2) is 114 Å². The largest absolute Gasteiger partial charge is 0.508 e. The molecule has 2 aliphatic rings. The second-order valence-electron chi connectivity index (χ2n) is 10.1. The van der Waals surface area contributed by atoms with Gasteiger partial charge in [0, 0.05) is 17.7 Å². The lowest BCUT2D eigenvalue weighted by atomic mass is 9.99. The van der Waals surface area contributed by atoms with Crippen molar-refractivity contribution in [1.82, 2.24) is 0 Å². The van der Waals surface area contributed by atoms with Gasteiger partial charge in [0.1, 0.15) is 70.9 Å². The van der Waals surface area contributed by atoms with E-state index in [0.29, 0.717) is 0 Å². The van der Waals surface area contributed by atoms with Gasteiger partial charge >= 0.3 is 0 Å². The van der Waals surface area contributed by atoms with Crippen molar-refractivity contribution in [2.45, 2.75) is 68.3 Å². The average Bonchev–Trinajstić information content (AvgIpc) is 2.96. The highest BCUT2D eigenvalue weighted by Gasteiger charge is 2.46. The molecule has 1 aromatic heterocycles. The normalized spacial score (nSPS) is 33.4. The summed E-state index contributed by atoms with van der Waals surface area (Å²) in [5.74, 6) is -1.77. The van der Waals surface area contributed by atoms with Crippen LogP contribution < -0.4 is 14.9 Å². The monoisotopic (exact) mass is 594 g/mol. The summed E-state index contributed by atoms with van der Waals surface area (Å²) < 4.78 is 28.0. The maximum atomic E-state index is 13.7. The quantitative estimate of drug-likeness (QED) is 0.154. The van der Waals surface area contributed by atoms with Crippen molar-refractivity contribution in [3.05, 3.63) is 46.6 Å². The molecule has 2 aromatic carbocycles. The highest BCUT2D eigenvalue weighted by Crippen LogP contribution is 2.38. The van der Waals surface area contributed by atoms with Crippen LogP contribution in [0.25, 0.3) is 22.3 Å². The molecule has 15 nitrogen and oxygen atoms in total. The summed E-state index contributed by atoms with van der Waals surface area (Å²) >= 11 is 0. The standard InChI is InChI=1S/C27H30O15/c1-9-17(31)20(34)22(36)26(38-9)39-12-6-13(30)16-14(7-12)40-24(10-2-4-11(29)5-3-10)25(19(16)33)42-27-23(37)21(35)18(32)15(8-28)41-27/h2-7,9,15,17-18,20-23,26-32,34-37H,8H2,1H3/t9-,15+,17-,18+,20+,21-,22+,23+,26+,27-/m0/s1. The van der Waals surface area contributed by atoms with Crippen LogP contribution in [-0.2, 0) is 9.47 Å². The minimum atomic E-state index is -1.87. The number of aliphatic hydroxyl groups is 7. The summed E-state index contributed by atoms with van der Waals surface area (Å²) in [5, 5.41) is 90.7. The van der Waals surface area contributed by atoms with E-state index in [1.165, 1.54) is 37.3 Å². The van der Waals surface area contributed by atoms with Crippen molar-refractivity contribution in [1.29, 1.82) is 0 Å². The Labute approximate surface area is 236 Å². The van der Waals surface area contributed by atoms with E-state index in [9.17, 15) is 50.8 Å². The summed E-state index contributed by atoms with van der Waals surface area (Å²) in [7, 11) is 0. The molecule has 9 N–H and O–H groups in total. The average molecular weight is 595 g/mol. The van der Waals surface area contributed by atoms with E-state index in [2.05, 4.69) is 0 Å². The number of hydrogen-bond acceptors (Lipinski definition) is 15. The Morgan fingerprint density at radius 1 is 0.786 bits per heavy atom. The molecule has 0 spiro atoms. The van der Waals surface area contributed by atoms with Gasteiger partial charge in [-0.15, -0.1) is 0 Å². The number of fused-ring (bicyclic) bond motifs is 1. The molecular weight excluding hydrogens is 564 g/mol. The molecule has 0 aliphatic carbocycles. The Bertz CT molecular complexity index is 1470. The second-order valence-corrected chi connectivity index (χ2v) is 10.1. The predicted molar refractivity (Wildman–Crippen MR) is 139 cm³/mol. The van der Waals surface area contributed by atoms with Crippen molar-refractivity contribution in [2.75, 3.05) is 6.61 Å². The fraction of sp³-hybridized carbons (Fsp3) is 0.444. The van der Waals surface area contributed by atoms with Crippen molar-refractivity contribution in [3.8, 4) is 34.3 Å². The minimum Gasteiger partial charge on any atom is -0.508 e. The van der Waals surface area contributed by atoms with E-state index in [0.717, 1.165) is 6.07 Å². The van der Waals surface area contributed by atoms with Gasteiger partial charge in [0.15, 0.2) is 5.76 Å². The third-order valence-corrected chi connectivity index (χ3v) is 7.18. The molecule has 0 amide bonds. The first-order valence-corrected chi connectivity index (χ1v) is 12.9. The molecule has 2 aliphatic heterocycles. The smallest absolute Gasteiger partial charge is 0.239 e. The van der Waals surface area contributed by atoms with Crippen molar-refractivity contribution >= 4 is 11.0 Å². The van der Waals surface area contributed by atoms with Gasteiger partial charge in [0.25, 0.3) is 0 Å². The lowest BCUT2D eigenvalue weighted by Crippen LogP contribution is -2.60. The number of ether oxygens (including phenoxy) is 4. The van der Waals surface area contributed by atoms with Gasteiger partial charge in [0.05, 0.1) is 12.7 Å². The van der Waals surface area contributed by atoms with Crippen LogP contribution in [0.4, 0.5) is 0 Å². The van der Waals surface area contributed by atoms with Gasteiger partial charge in [-0.2, -0.15) is 0 Å². The maximum absolute atomic E-state index is 13.7. The molecule has 5 rings (SSSR count). The Hall–Kier alpha value is -3.51. The Morgan fingerprint density at radius 3 is 2.05 bits per heavy atom. The second kappa shape index (κ2) is 11.6. The van der Waals surface area contributed by atoms with E-state index in [4.69, 9.17) is 23.4 Å². The van der Waals surface area contributed by atoms with Crippen molar-refractivity contribution in [2.24, 2.45) is 0 Å². The third-order valence-electron chi connectivity index (χ3n) is 7.18. The third kappa shape index (κ3) is 5.37. The van der Waals surface area contributed by atoms with Crippen molar-refractivity contribution in [3.63, 3.8) is 0 Å². The molecule has 0 unspecified atom stereocenters. The highest BCUT2D eigenvalue weighted by molar-refractivity contribution is 5.88. The number of phenols is 2. The molecule has 228 valence electrons. The Balaban J connectivity index is 1.58. The van der Waals surface area contributed by atoms with Gasteiger partial charge in [-0.1, -0.05) is 0 Å². The topological polar surface area (TPSA) is 249 Å². The zero-order valence-corrected chi connectivity index (χ0v) is 21.9. The van der Waals surface area contributed by atoms with E-state index < -0.39 is 90.3 Å². The SMILES string of the molecule is C[C@@H]1O[C@H](Oc2cc(O)c3c(=O)c(O[C@@H]4O[C@H](CO)[C@@H](O)[C@H](O)[C@H]4O)c(-c4ccc(O)cc4)oc3c2)[C@H](O)[C@H](O)[C@H]1O.